The molecule has 0 rings (SSSR count). The predicted molar refractivity (Wildman–Crippen MR) is 70.5 cm³/mol. The molecule has 0 bridgehead atoms. The van der Waals surface area contributed by atoms with Crippen molar-refractivity contribution >= 4 is 9.84 Å². The van der Waals surface area contributed by atoms with Crippen LogP contribution in [0.5, 0.6) is 0 Å². The smallest absolute Gasteiger partial charge is 0.154 e. The average molecular weight is 249 g/mol. The van der Waals surface area contributed by atoms with E-state index in [0.717, 1.165) is 19.3 Å². The summed E-state index contributed by atoms with van der Waals surface area (Å²) in [6, 6.07) is 0. The van der Waals surface area contributed by atoms with Gasteiger partial charge in [0.1, 0.15) is 0 Å². The molecule has 4 heteroatoms. The summed E-state index contributed by atoms with van der Waals surface area (Å²) >= 11 is 0. The first-order valence-electron chi connectivity index (χ1n) is 6.21. The summed E-state index contributed by atoms with van der Waals surface area (Å²) in [4.78, 5) is 0. The van der Waals surface area contributed by atoms with Gasteiger partial charge in [-0.3, -0.25) is 0 Å². The zero-order valence-corrected chi connectivity index (χ0v) is 12.2. The standard InChI is InChI=1S/C12H27NO2S/c1-6-8-9-16(14,15)11(3)10-13-12(4,5)7-2/h11,13H,6-10H2,1-5H3. The topological polar surface area (TPSA) is 46.2 Å². The highest BCUT2D eigenvalue weighted by Crippen LogP contribution is 2.10. The first-order valence-corrected chi connectivity index (χ1v) is 7.93. The van der Waals surface area contributed by atoms with E-state index in [4.69, 9.17) is 0 Å². The molecule has 0 aromatic heterocycles. The van der Waals surface area contributed by atoms with Crippen LogP contribution in [0.25, 0.3) is 0 Å². The van der Waals surface area contributed by atoms with Gasteiger partial charge in [0.2, 0.25) is 0 Å². The Labute approximate surface area is 101 Å². The predicted octanol–water partition coefficient (Wildman–Crippen LogP) is 2.37. The van der Waals surface area contributed by atoms with Crippen LogP contribution in [0.15, 0.2) is 0 Å². The summed E-state index contributed by atoms with van der Waals surface area (Å²) in [6.07, 6.45) is 2.69. The summed E-state index contributed by atoms with van der Waals surface area (Å²) in [6.45, 7) is 10.6. The third-order valence-electron chi connectivity index (χ3n) is 3.15. The minimum Gasteiger partial charge on any atom is -0.311 e. The highest BCUT2D eigenvalue weighted by atomic mass is 32.2. The van der Waals surface area contributed by atoms with E-state index in [1.54, 1.807) is 6.92 Å². The number of rotatable bonds is 8. The summed E-state index contributed by atoms with van der Waals surface area (Å²) < 4.78 is 23.7. The SMILES string of the molecule is CCCCS(=O)(=O)C(C)CNC(C)(C)CC. The molecule has 0 aromatic carbocycles. The van der Waals surface area contributed by atoms with Gasteiger partial charge < -0.3 is 5.32 Å². The van der Waals surface area contributed by atoms with Crippen molar-refractivity contribution in [2.45, 2.75) is 64.7 Å². The van der Waals surface area contributed by atoms with E-state index in [0.29, 0.717) is 12.3 Å². The van der Waals surface area contributed by atoms with Crippen LogP contribution in [0.2, 0.25) is 0 Å². The van der Waals surface area contributed by atoms with Gasteiger partial charge in [-0.15, -0.1) is 0 Å². The van der Waals surface area contributed by atoms with Crippen molar-refractivity contribution in [3.8, 4) is 0 Å². The van der Waals surface area contributed by atoms with Crippen LogP contribution in [0.3, 0.4) is 0 Å². The number of hydrogen-bond donors (Lipinski definition) is 1. The molecule has 1 atom stereocenters. The monoisotopic (exact) mass is 249 g/mol. The summed E-state index contributed by atoms with van der Waals surface area (Å²) in [5.41, 5.74) is 0.0224. The summed E-state index contributed by atoms with van der Waals surface area (Å²) in [5.74, 6) is 0.318. The number of nitrogens with one attached hydrogen (secondary N) is 1. The van der Waals surface area contributed by atoms with Crippen LogP contribution in [-0.2, 0) is 9.84 Å². The maximum absolute atomic E-state index is 11.9. The fourth-order valence-electron chi connectivity index (χ4n) is 1.22. The highest BCUT2D eigenvalue weighted by Gasteiger charge is 2.22. The van der Waals surface area contributed by atoms with Crippen LogP contribution >= 0.6 is 0 Å². The van der Waals surface area contributed by atoms with Gasteiger partial charge >= 0.3 is 0 Å². The summed E-state index contributed by atoms with van der Waals surface area (Å²) in [5, 5.41) is 3.02. The van der Waals surface area contributed by atoms with E-state index >= 15 is 0 Å². The minimum atomic E-state index is -2.92. The normalized spacial score (nSPS) is 15.1. The Morgan fingerprint density at radius 3 is 2.25 bits per heavy atom. The maximum Gasteiger partial charge on any atom is 0.154 e. The van der Waals surface area contributed by atoms with Crippen molar-refractivity contribution in [3.63, 3.8) is 0 Å². The zero-order chi connectivity index (χ0) is 12.8. The first-order chi connectivity index (χ1) is 7.25. The van der Waals surface area contributed by atoms with Gasteiger partial charge in [-0.25, -0.2) is 8.42 Å². The molecule has 0 radical (unpaired) electrons. The van der Waals surface area contributed by atoms with Gasteiger partial charge in [-0.2, -0.15) is 0 Å². The molecule has 98 valence electrons. The van der Waals surface area contributed by atoms with Crippen molar-refractivity contribution in [2.24, 2.45) is 0 Å². The second-order valence-electron chi connectivity index (χ2n) is 5.15. The van der Waals surface area contributed by atoms with E-state index in [1.165, 1.54) is 0 Å². The lowest BCUT2D eigenvalue weighted by Crippen LogP contribution is -2.44. The first kappa shape index (κ1) is 15.9. The van der Waals surface area contributed by atoms with E-state index in [1.807, 2.05) is 6.92 Å². The molecule has 0 saturated carbocycles. The third kappa shape index (κ3) is 5.85. The van der Waals surface area contributed by atoms with Gasteiger partial charge in [0.05, 0.1) is 11.0 Å². The Hall–Kier alpha value is -0.0900. The van der Waals surface area contributed by atoms with Gasteiger partial charge in [-0.05, 0) is 33.6 Å². The van der Waals surface area contributed by atoms with Gasteiger partial charge in [0, 0.05) is 12.1 Å². The molecule has 0 aliphatic carbocycles. The molecule has 0 fully saturated rings. The molecule has 16 heavy (non-hydrogen) atoms. The third-order valence-corrected chi connectivity index (χ3v) is 5.40. The number of hydrogen-bond acceptors (Lipinski definition) is 3. The molecule has 3 nitrogen and oxygen atoms in total. The van der Waals surface area contributed by atoms with Crippen LogP contribution in [0.4, 0.5) is 0 Å². The van der Waals surface area contributed by atoms with Crippen LogP contribution in [0.1, 0.15) is 53.9 Å². The van der Waals surface area contributed by atoms with Crippen LogP contribution in [0, 0.1) is 0 Å². The van der Waals surface area contributed by atoms with Gasteiger partial charge in [0.25, 0.3) is 0 Å². The molecule has 1 N–H and O–H groups in total. The molecular formula is C12H27NO2S. The van der Waals surface area contributed by atoms with E-state index < -0.39 is 9.84 Å². The lowest BCUT2D eigenvalue weighted by atomic mass is 10.0. The lowest BCUT2D eigenvalue weighted by Gasteiger charge is -2.26. The summed E-state index contributed by atoms with van der Waals surface area (Å²) in [7, 11) is -2.92. The molecular weight excluding hydrogens is 222 g/mol. The Kier molecular flexibility index (Phi) is 6.56. The van der Waals surface area contributed by atoms with Crippen molar-refractivity contribution < 1.29 is 8.42 Å². The molecule has 0 aliphatic rings. The fourth-order valence-corrected chi connectivity index (χ4v) is 2.65. The van der Waals surface area contributed by atoms with Crippen molar-refractivity contribution in [2.75, 3.05) is 12.3 Å². The number of unbranched alkanes of at least 4 members (excludes halogenated alkanes) is 1. The average Bonchev–Trinajstić information content (AvgIpc) is 2.23. The second-order valence-corrected chi connectivity index (χ2v) is 7.69. The molecule has 0 saturated heterocycles. The van der Waals surface area contributed by atoms with Crippen molar-refractivity contribution in [3.05, 3.63) is 0 Å². The largest absolute Gasteiger partial charge is 0.311 e. The lowest BCUT2D eigenvalue weighted by molar-refractivity contribution is 0.377. The van der Waals surface area contributed by atoms with E-state index in [-0.39, 0.29) is 10.8 Å². The fraction of sp³-hybridized carbons (Fsp3) is 1.00. The second kappa shape index (κ2) is 6.60. The van der Waals surface area contributed by atoms with Gasteiger partial charge in [0.15, 0.2) is 9.84 Å². The molecule has 0 aliphatic heterocycles. The van der Waals surface area contributed by atoms with Crippen LogP contribution in [-0.4, -0.2) is 31.5 Å². The Bertz CT molecular complexity index is 283. The molecule has 0 heterocycles. The van der Waals surface area contributed by atoms with Crippen molar-refractivity contribution in [1.29, 1.82) is 0 Å². The molecule has 0 amide bonds. The van der Waals surface area contributed by atoms with E-state index in [9.17, 15) is 8.42 Å². The molecule has 0 spiro atoms. The Morgan fingerprint density at radius 1 is 1.25 bits per heavy atom. The quantitative estimate of drug-likeness (QED) is 0.718. The van der Waals surface area contributed by atoms with E-state index in [2.05, 4.69) is 26.1 Å². The Balaban J connectivity index is 4.20. The maximum atomic E-state index is 11.9. The van der Waals surface area contributed by atoms with Gasteiger partial charge in [-0.1, -0.05) is 20.3 Å². The van der Waals surface area contributed by atoms with Crippen molar-refractivity contribution in [1.82, 2.24) is 5.32 Å². The molecule has 1 unspecified atom stereocenters. The van der Waals surface area contributed by atoms with Crippen LogP contribution < -0.4 is 5.32 Å². The Morgan fingerprint density at radius 2 is 1.81 bits per heavy atom. The highest BCUT2D eigenvalue weighted by molar-refractivity contribution is 7.92. The number of sulfone groups is 1. The zero-order valence-electron chi connectivity index (χ0n) is 11.3. The molecule has 0 aromatic rings. The minimum absolute atomic E-state index is 0.0224.